The number of benzene rings is 1. The van der Waals surface area contributed by atoms with Crippen molar-refractivity contribution in [2.24, 2.45) is 11.8 Å². The Kier molecular flexibility index (Phi) is 4.61. The summed E-state index contributed by atoms with van der Waals surface area (Å²) in [6, 6.07) is 11.4. The van der Waals surface area contributed by atoms with Crippen LogP contribution in [0, 0.1) is 11.8 Å². The van der Waals surface area contributed by atoms with Crippen molar-refractivity contribution >= 4 is 0 Å². The SMILES string of the molecule is CC1CCC(CNC(C)Cc2ccccc2)C1. The second-order valence-corrected chi connectivity index (χ2v) is 5.78. The van der Waals surface area contributed by atoms with E-state index in [2.05, 4.69) is 49.5 Å². The van der Waals surface area contributed by atoms with Crippen LogP contribution in [-0.2, 0) is 6.42 Å². The highest BCUT2D eigenvalue weighted by atomic mass is 14.9. The molecule has 0 radical (unpaired) electrons. The van der Waals surface area contributed by atoms with Crippen LogP contribution in [0.15, 0.2) is 30.3 Å². The van der Waals surface area contributed by atoms with Gasteiger partial charge in [-0.3, -0.25) is 0 Å². The standard InChI is InChI=1S/C16H25N/c1-13-8-9-16(10-13)12-17-14(2)11-15-6-4-3-5-7-15/h3-7,13-14,16-17H,8-12H2,1-2H3. The maximum absolute atomic E-state index is 3.69. The van der Waals surface area contributed by atoms with Crippen LogP contribution in [0.4, 0.5) is 0 Å². The minimum atomic E-state index is 0.591. The fourth-order valence-electron chi connectivity index (χ4n) is 2.92. The molecule has 1 heteroatoms. The van der Waals surface area contributed by atoms with E-state index in [-0.39, 0.29) is 0 Å². The third-order valence-corrected chi connectivity index (χ3v) is 3.94. The van der Waals surface area contributed by atoms with Crippen LogP contribution < -0.4 is 5.32 Å². The van der Waals surface area contributed by atoms with Gasteiger partial charge in [-0.25, -0.2) is 0 Å². The zero-order valence-corrected chi connectivity index (χ0v) is 11.2. The van der Waals surface area contributed by atoms with E-state index >= 15 is 0 Å². The summed E-state index contributed by atoms with van der Waals surface area (Å²) in [4.78, 5) is 0. The van der Waals surface area contributed by atoms with Crippen molar-refractivity contribution in [3.8, 4) is 0 Å². The average Bonchev–Trinajstić information content (AvgIpc) is 2.74. The first-order chi connectivity index (χ1) is 8.24. The molecule has 1 saturated carbocycles. The van der Waals surface area contributed by atoms with E-state index in [4.69, 9.17) is 0 Å². The molecule has 1 nitrogen and oxygen atoms in total. The molecular formula is C16H25N. The van der Waals surface area contributed by atoms with Crippen molar-refractivity contribution in [3.05, 3.63) is 35.9 Å². The van der Waals surface area contributed by atoms with E-state index < -0.39 is 0 Å². The highest BCUT2D eigenvalue weighted by Gasteiger charge is 2.21. The van der Waals surface area contributed by atoms with E-state index in [0.29, 0.717) is 6.04 Å². The van der Waals surface area contributed by atoms with Crippen LogP contribution in [0.25, 0.3) is 0 Å². The first kappa shape index (κ1) is 12.6. The summed E-state index contributed by atoms with van der Waals surface area (Å²) in [6.45, 7) is 5.89. The Morgan fingerprint density at radius 1 is 1.24 bits per heavy atom. The van der Waals surface area contributed by atoms with Crippen molar-refractivity contribution in [1.29, 1.82) is 0 Å². The molecule has 3 unspecified atom stereocenters. The molecule has 0 saturated heterocycles. The van der Waals surface area contributed by atoms with Gasteiger partial charge in [-0.15, -0.1) is 0 Å². The van der Waals surface area contributed by atoms with Gasteiger partial charge in [0.2, 0.25) is 0 Å². The van der Waals surface area contributed by atoms with Gasteiger partial charge < -0.3 is 5.32 Å². The van der Waals surface area contributed by atoms with E-state index in [1.165, 1.54) is 31.4 Å². The molecule has 0 aliphatic heterocycles. The lowest BCUT2D eigenvalue weighted by atomic mass is 10.0. The highest BCUT2D eigenvalue weighted by Crippen LogP contribution is 2.29. The molecule has 3 atom stereocenters. The Bertz CT molecular complexity index is 320. The van der Waals surface area contributed by atoms with Gasteiger partial charge in [0.25, 0.3) is 0 Å². The number of nitrogens with one attached hydrogen (secondary N) is 1. The molecule has 17 heavy (non-hydrogen) atoms. The third kappa shape index (κ3) is 4.16. The summed E-state index contributed by atoms with van der Waals surface area (Å²) in [7, 11) is 0. The largest absolute Gasteiger partial charge is 0.314 e. The second kappa shape index (κ2) is 6.20. The van der Waals surface area contributed by atoms with Gasteiger partial charge in [0.05, 0.1) is 0 Å². The molecule has 2 rings (SSSR count). The lowest BCUT2D eigenvalue weighted by Crippen LogP contribution is -2.32. The van der Waals surface area contributed by atoms with Gasteiger partial charge in [-0.2, -0.15) is 0 Å². The fourth-order valence-corrected chi connectivity index (χ4v) is 2.92. The monoisotopic (exact) mass is 231 g/mol. The molecule has 1 aliphatic carbocycles. The first-order valence-electron chi connectivity index (χ1n) is 7.01. The Labute approximate surface area is 106 Å². The van der Waals surface area contributed by atoms with Crippen LogP contribution in [0.3, 0.4) is 0 Å². The summed E-state index contributed by atoms with van der Waals surface area (Å²) in [5.74, 6) is 1.87. The predicted molar refractivity (Wildman–Crippen MR) is 74.1 cm³/mol. The van der Waals surface area contributed by atoms with Crippen molar-refractivity contribution in [1.82, 2.24) is 5.32 Å². The number of hydrogen-bond acceptors (Lipinski definition) is 1. The molecule has 1 fully saturated rings. The molecule has 0 aromatic heterocycles. The summed E-state index contributed by atoms with van der Waals surface area (Å²) in [5.41, 5.74) is 1.44. The first-order valence-corrected chi connectivity index (χ1v) is 7.01. The van der Waals surface area contributed by atoms with E-state index in [9.17, 15) is 0 Å². The minimum Gasteiger partial charge on any atom is -0.314 e. The van der Waals surface area contributed by atoms with Gasteiger partial charge in [0.15, 0.2) is 0 Å². The van der Waals surface area contributed by atoms with Gasteiger partial charge in [-0.1, -0.05) is 43.7 Å². The van der Waals surface area contributed by atoms with Gasteiger partial charge in [0, 0.05) is 6.04 Å². The lowest BCUT2D eigenvalue weighted by Gasteiger charge is -2.17. The summed E-state index contributed by atoms with van der Waals surface area (Å²) < 4.78 is 0. The van der Waals surface area contributed by atoms with Crippen LogP contribution in [-0.4, -0.2) is 12.6 Å². The quantitative estimate of drug-likeness (QED) is 0.815. The molecule has 0 spiro atoms. The topological polar surface area (TPSA) is 12.0 Å². The molecule has 94 valence electrons. The molecule has 1 aromatic rings. The van der Waals surface area contributed by atoms with Crippen molar-refractivity contribution in [2.45, 2.75) is 45.6 Å². The minimum absolute atomic E-state index is 0.591. The summed E-state index contributed by atoms with van der Waals surface area (Å²) in [5, 5.41) is 3.69. The van der Waals surface area contributed by atoms with Crippen LogP contribution >= 0.6 is 0 Å². The third-order valence-electron chi connectivity index (χ3n) is 3.94. The normalized spacial score (nSPS) is 26.0. The molecule has 0 amide bonds. The Balaban J connectivity index is 1.69. The van der Waals surface area contributed by atoms with E-state index in [1.54, 1.807) is 0 Å². The second-order valence-electron chi connectivity index (χ2n) is 5.78. The maximum atomic E-state index is 3.69. The van der Waals surface area contributed by atoms with Crippen LogP contribution in [0.2, 0.25) is 0 Å². The zero-order valence-electron chi connectivity index (χ0n) is 11.2. The van der Waals surface area contributed by atoms with Crippen molar-refractivity contribution in [2.75, 3.05) is 6.54 Å². The van der Waals surface area contributed by atoms with Gasteiger partial charge in [0.1, 0.15) is 0 Å². The fraction of sp³-hybridized carbons (Fsp3) is 0.625. The van der Waals surface area contributed by atoms with E-state index in [1.807, 2.05) is 0 Å². The molecule has 0 bridgehead atoms. The summed E-state index contributed by atoms with van der Waals surface area (Å²) >= 11 is 0. The average molecular weight is 231 g/mol. The Morgan fingerprint density at radius 2 is 2.00 bits per heavy atom. The molecule has 0 heterocycles. The molecule has 1 N–H and O–H groups in total. The highest BCUT2D eigenvalue weighted by molar-refractivity contribution is 5.15. The summed E-state index contributed by atoms with van der Waals surface area (Å²) in [6.07, 6.45) is 5.42. The van der Waals surface area contributed by atoms with Gasteiger partial charge >= 0.3 is 0 Å². The Morgan fingerprint density at radius 3 is 2.65 bits per heavy atom. The molecular weight excluding hydrogens is 206 g/mol. The zero-order chi connectivity index (χ0) is 12.1. The smallest absolute Gasteiger partial charge is 0.00792 e. The van der Waals surface area contributed by atoms with E-state index in [0.717, 1.165) is 18.3 Å². The maximum Gasteiger partial charge on any atom is 0.00792 e. The van der Waals surface area contributed by atoms with Crippen LogP contribution in [0.1, 0.15) is 38.7 Å². The predicted octanol–water partition coefficient (Wildman–Crippen LogP) is 3.64. The van der Waals surface area contributed by atoms with Crippen LogP contribution in [0.5, 0.6) is 0 Å². The molecule has 1 aliphatic rings. The molecule has 1 aromatic carbocycles. The number of rotatable bonds is 5. The van der Waals surface area contributed by atoms with Crippen molar-refractivity contribution in [3.63, 3.8) is 0 Å². The van der Waals surface area contributed by atoms with Crippen molar-refractivity contribution < 1.29 is 0 Å². The lowest BCUT2D eigenvalue weighted by molar-refractivity contribution is 0.433. The van der Waals surface area contributed by atoms with Gasteiger partial charge in [-0.05, 0) is 50.1 Å². The Hall–Kier alpha value is -0.820. The number of hydrogen-bond donors (Lipinski definition) is 1.